The van der Waals surface area contributed by atoms with Crippen LogP contribution in [0.3, 0.4) is 0 Å². The van der Waals surface area contributed by atoms with Crippen LogP contribution in [0.15, 0.2) is 53.0 Å². The van der Waals surface area contributed by atoms with Gasteiger partial charge in [0.05, 0.1) is 0 Å². The summed E-state index contributed by atoms with van der Waals surface area (Å²) in [5.74, 6) is -2.05. The van der Waals surface area contributed by atoms with Crippen LogP contribution in [0.4, 0.5) is 9.18 Å². The fourth-order valence-electron chi connectivity index (χ4n) is 3.16. The van der Waals surface area contributed by atoms with Crippen LogP contribution >= 0.6 is 28.1 Å². The van der Waals surface area contributed by atoms with Crippen molar-refractivity contribution in [3.8, 4) is 0 Å². The number of hydrogen-bond acceptors (Lipinski definition) is 4. The van der Waals surface area contributed by atoms with E-state index >= 15 is 0 Å². The first kappa shape index (κ1) is 24.7. The van der Waals surface area contributed by atoms with Gasteiger partial charge in [-0.15, -0.1) is 0 Å². The largest absolute Gasteiger partial charge is 0.479 e. The third-order valence-electron chi connectivity index (χ3n) is 4.31. The van der Waals surface area contributed by atoms with Crippen molar-refractivity contribution < 1.29 is 23.8 Å². The predicted octanol–water partition coefficient (Wildman–Crippen LogP) is 5.11. The number of aliphatic carboxylic acids is 1. The number of rotatable bonds is 6. The third-order valence-corrected chi connectivity index (χ3v) is 5.00. The molecule has 0 aliphatic rings. The lowest BCUT2D eigenvalue weighted by Gasteiger charge is -2.37. The van der Waals surface area contributed by atoms with Crippen molar-refractivity contribution in [3.63, 3.8) is 0 Å². The highest BCUT2D eigenvalue weighted by Crippen LogP contribution is 2.37. The molecule has 6 nitrogen and oxygen atoms in total. The summed E-state index contributed by atoms with van der Waals surface area (Å²) in [5.41, 5.74) is -1.75. The van der Waals surface area contributed by atoms with Crippen molar-refractivity contribution in [1.82, 2.24) is 10.6 Å². The van der Waals surface area contributed by atoms with E-state index in [0.29, 0.717) is 4.47 Å². The second-order valence-electron chi connectivity index (χ2n) is 8.21. The Hall–Kier alpha value is -2.52. The van der Waals surface area contributed by atoms with Gasteiger partial charge in [0.1, 0.15) is 12.4 Å². The Bertz CT molecular complexity index is 966. The van der Waals surface area contributed by atoms with E-state index in [0.717, 1.165) is 5.56 Å². The number of carbonyl (C=O) groups is 2. The summed E-state index contributed by atoms with van der Waals surface area (Å²) in [6, 6.07) is 13.1. The molecule has 0 fully saturated rings. The average molecular weight is 511 g/mol. The molecule has 0 heterocycles. The average Bonchev–Trinajstić information content (AvgIpc) is 2.65. The van der Waals surface area contributed by atoms with E-state index in [-0.39, 0.29) is 23.7 Å². The molecule has 9 heteroatoms. The zero-order valence-corrected chi connectivity index (χ0v) is 19.8. The molecular weight excluding hydrogens is 487 g/mol. The molecule has 0 bridgehead atoms. The minimum absolute atomic E-state index is 0.00519. The first-order valence-corrected chi connectivity index (χ1v) is 10.6. The summed E-state index contributed by atoms with van der Waals surface area (Å²) in [4.78, 5) is 24.6. The molecule has 31 heavy (non-hydrogen) atoms. The highest BCUT2D eigenvalue weighted by molar-refractivity contribution is 9.10. The van der Waals surface area contributed by atoms with E-state index < -0.39 is 28.8 Å². The lowest BCUT2D eigenvalue weighted by Crippen LogP contribution is -2.57. The van der Waals surface area contributed by atoms with Gasteiger partial charge in [0.25, 0.3) is 0 Å². The minimum Gasteiger partial charge on any atom is -0.479 e. The second-order valence-corrected chi connectivity index (χ2v) is 9.54. The Labute approximate surface area is 194 Å². The fraction of sp³-hybridized carbons (Fsp3) is 0.318. The number of nitrogens with one attached hydrogen (secondary N) is 2. The van der Waals surface area contributed by atoms with Crippen LogP contribution in [0.1, 0.15) is 38.3 Å². The highest BCUT2D eigenvalue weighted by Gasteiger charge is 2.46. The number of carboxylic acid groups (broad SMARTS) is 1. The number of thiocarbonyl (C=S) groups is 1. The van der Waals surface area contributed by atoms with Crippen LogP contribution in [0.2, 0.25) is 0 Å². The third kappa shape index (κ3) is 7.00. The van der Waals surface area contributed by atoms with Gasteiger partial charge in [-0.3, -0.25) is 5.32 Å². The first-order chi connectivity index (χ1) is 14.4. The summed E-state index contributed by atoms with van der Waals surface area (Å²) in [6.07, 6.45) is -0.859. The number of benzene rings is 2. The number of ether oxygens (including phenoxy) is 1. The molecule has 0 saturated carbocycles. The van der Waals surface area contributed by atoms with Crippen LogP contribution in [-0.4, -0.2) is 22.3 Å². The Kier molecular flexibility index (Phi) is 8.14. The monoisotopic (exact) mass is 510 g/mol. The van der Waals surface area contributed by atoms with Crippen molar-refractivity contribution in [2.75, 3.05) is 0 Å². The Balaban J connectivity index is 2.24. The summed E-state index contributed by atoms with van der Waals surface area (Å²) in [5, 5.41) is 14.8. The lowest BCUT2D eigenvalue weighted by atomic mass is 9.75. The summed E-state index contributed by atoms with van der Waals surface area (Å²) >= 11 is 8.34. The van der Waals surface area contributed by atoms with Crippen LogP contribution in [0.25, 0.3) is 0 Å². The van der Waals surface area contributed by atoms with E-state index in [1.807, 2.05) is 39.0 Å². The van der Waals surface area contributed by atoms with Gasteiger partial charge in [-0.2, -0.15) is 0 Å². The molecule has 1 amide bonds. The molecule has 2 rings (SSSR count). The molecule has 0 aliphatic heterocycles. The van der Waals surface area contributed by atoms with Crippen LogP contribution in [-0.2, 0) is 21.7 Å². The van der Waals surface area contributed by atoms with Crippen molar-refractivity contribution in [1.29, 1.82) is 0 Å². The summed E-state index contributed by atoms with van der Waals surface area (Å²) < 4.78 is 20.4. The highest BCUT2D eigenvalue weighted by atomic mass is 79.9. The van der Waals surface area contributed by atoms with E-state index in [1.165, 1.54) is 12.1 Å². The molecular formula is C22H24BrFN2O4S. The molecule has 0 aliphatic carbocycles. The van der Waals surface area contributed by atoms with E-state index in [9.17, 15) is 19.1 Å². The zero-order chi connectivity index (χ0) is 23.2. The summed E-state index contributed by atoms with van der Waals surface area (Å²) in [7, 11) is 0. The Morgan fingerprint density at radius 3 is 2.35 bits per heavy atom. The molecule has 0 spiro atoms. The number of hydrogen-bond donors (Lipinski definition) is 3. The Morgan fingerprint density at radius 2 is 1.81 bits per heavy atom. The molecule has 0 radical (unpaired) electrons. The van der Waals surface area contributed by atoms with Crippen molar-refractivity contribution in [2.24, 2.45) is 5.41 Å². The van der Waals surface area contributed by atoms with Gasteiger partial charge in [0.15, 0.2) is 10.7 Å². The standard InChI is InChI=1S/C22H24BrFN2O4S/c1-21(2,3)13-22(18(27)28,16-10-9-15(23)11-17(16)24)26-19(31)25-20(29)30-12-14-7-5-4-6-8-14/h4-11H,12-13H2,1-3H3,(H,27,28)(H2,25,26,29,31)/t22-/m1/s1. The van der Waals surface area contributed by atoms with E-state index in [2.05, 4.69) is 26.6 Å². The van der Waals surface area contributed by atoms with Gasteiger partial charge in [-0.25, -0.2) is 14.0 Å². The fourth-order valence-corrected chi connectivity index (χ4v) is 3.75. The normalized spacial score (nSPS) is 13.1. The van der Waals surface area contributed by atoms with Gasteiger partial charge in [-0.1, -0.05) is 73.1 Å². The zero-order valence-electron chi connectivity index (χ0n) is 17.4. The smallest absolute Gasteiger partial charge is 0.413 e. The van der Waals surface area contributed by atoms with Crippen molar-refractivity contribution >= 4 is 45.3 Å². The maximum atomic E-state index is 14.8. The maximum absolute atomic E-state index is 14.8. The van der Waals surface area contributed by atoms with E-state index in [1.54, 1.807) is 18.2 Å². The molecule has 2 aromatic rings. The second kappa shape index (κ2) is 10.2. The lowest BCUT2D eigenvalue weighted by molar-refractivity contribution is -0.146. The first-order valence-electron chi connectivity index (χ1n) is 9.42. The predicted molar refractivity (Wildman–Crippen MR) is 123 cm³/mol. The molecule has 3 N–H and O–H groups in total. The van der Waals surface area contributed by atoms with Crippen LogP contribution in [0.5, 0.6) is 0 Å². The number of carbonyl (C=O) groups excluding carboxylic acids is 1. The van der Waals surface area contributed by atoms with Gasteiger partial charge >= 0.3 is 12.1 Å². The van der Waals surface area contributed by atoms with Gasteiger partial charge < -0.3 is 15.2 Å². The number of alkyl carbamates (subject to hydrolysis) is 1. The number of halogens is 2. The molecule has 1 atom stereocenters. The van der Waals surface area contributed by atoms with Crippen molar-refractivity contribution in [2.45, 2.75) is 39.3 Å². The molecule has 0 saturated heterocycles. The number of carboxylic acids is 1. The number of amides is 1. The van der Waals surface area contributed by atoms with Crippen LogP contribution in [0, 0.1) is 11.2 Å². The molecule has 0 unspecified atom stereocenters. The molecule has 166 valence electrons. The minimum atomic E-state index is -1.91. The topological polar surface area (TPSA) is 87.7 Å². The van der Waals surface area contributed by atoms with Gasteiger partial charge in [0.2, 0.25) is 0 Å². The van der Waals surface area contributed by atoms with Gasteiger partial charge in [0, 0.05) is 10.0 Å². The maximum Gasteiger partial charge on any atom is 0.413 e. The molecule has 2 aromatic carbocycles. The summed E-state index contributed by atoms with van der Waals surface area (Å²) in [6.45, 7) is 5.50. The quantitative estimate of drug-likeness (QED) is 0.468. The van der Waals surface area contributed by atoms with Gasteiger partial charge in [-0.05, 0) is 41.7 Å². The van der Waals surface area contributed by atoms with Crippen molar-refractivity contribution in [3.05, 3.63) is 69.9 Å². The van der Waals surface area contributed by atoms with E-state index in [4.69, 9.17) is 17.0 Å². The SMILES string of the molecule is CC(C)(C)C[C@](NC(=S)NC(=O)OCc1ccccc1)(C(=O)O)c1ccc(Br)cc1F. The Morgan fingerprint density at radius 1 is 1.16 bits per heavy atom. The van der Waals surface area contributed by atoms with Crippen LogP contribution < -0.4 is 10.6 Å². The molecule has 0 aromatic heterocycles.